The largest absolute Gasteiger partial charge is 0.493 e. The standard InChI is InChI=1S/C22H22N2O7S/c1-5-31-19(25)12-24-15-8-6-14(21(27)30-4)11-18(15)32-22(24)23-20(26)13-7-9-16(28-2)17(10-13)29-3/h6-11H,5,12H2,1-4H3. The van der Waals surface area contributed by atoms with Crippen LogP contribution in [0, 0.1) is 0 Å². The van der Waals surface area contributed by atoms with Gasteiger partial charge in [-0.05, 0) is 43.3 Å². The maximum absolute atomic E-state index is 12.9. The highest BCUT2D eigenvalue weighted by molar-refractivity contribution is 7.16. The van der Waals surface area contributed by atoms with Crippen LogP contribution in [0.2, 0.25) is 0 Å². The van der Waals surface area contributed by atoms with Crippen LogP contribution in [0.5, 0.6) is 11.5 Å². The van der Waals surface area contributed by atoms with Crippen molar-refractivity contribution in [1.29, 1.82) is 0 Å². The number of fused-ring (bicyclic) bond motifs is 1. The quantitative estimate of drug-likeness (QED) is 0.501. The van der Waals surface area contributed by atoms with Crippen LogP contribution in [0.1, 0.15) is 27.6 Å². The van der Waals surface area contributed by atoms with Gasteiger partial charge in [-0.3, -0.25) is 9.59 Å². The number of benzene rings is 2. The molecule has 0 aliphatic carbocycles. The average molecular weight is 458 g/mol. The van der Waals surface area contributed by atoms with Gasteiger partial charge in [0, 0.05) is 5.56 Å². The molecular weight excluding hydrogens is 436 g/mol. The van der Waals surface area contributed by atoms with E-state index in [0.717, 1.165) is 0 Å². The van der Waals surface area contributed by atoms with Crippen molar-refractivity contribution in [2.75, 3.05) is 27.9 Å². The van der Waals surface area contributed by atoms with Crippen molar-refractivity contribution < 1.29 is 33.3 Å². The Balaban J connectivity index is 2.12. The predicted octanol–water partition coefficient (Wildman–Crippen LogP) is 2.81. The summed E-state index contributed by atoms with van der Waals surface area (Å²) in [6, 6.07) is 9.61. The van der Waals surface area contributed by atoms with E-state index in [1.165, 1.54) is 38.7 Å². The number of carbonyl (C=O) groups excluding carboxylic acids is 3. The summed E-state index contributed by atoms with van der Waals surface area (Å²) >= 11 is 1.17. The summed E-state index contributed by atoms with van der Waals surface area (Å²) in [5.74, 6) is -0.602. The van der Waals surface area contributed by atoms with Gasteiger partial charge >= 0.3 is 11.9 Å². The molecule has 1 aromatic heterocycles. The normalized spacial score (nSPS) is 11.3. The van der Waals surface area contributed by atoms with Crippen LogP contribution in [0.25, 0.3) is 10.2 Å². The van der Waals surface area contributed by atoms with E-state index in [0.29, 0.717) is 27.3 Å². The van der Waals surface area contributed by atoms with Crippen molar-refractivity contribution in [1.82, 2.24) is 4.57 Å². The number of aromatic nitrogens is 1. The minimum Gasteiger partial charge on any atom is -0.493 e. The molecule has 2 aromatic carbocycles. The molecule has 1 heterocycles. The molecule has 0 radical (unpaired) electrons. The molecule has 0 saturated heterocycles. The van der Waals surface area contributed by atoms with Gasteiger partial charge in [0.1, 0.15) is 6.54 Å². The molecule has 3 rings (SSSR count). The SMILES string of the molecule is CCOC(=O)Cn1c(=NC(=O)c2ccc(OC)c(OC)c2)sc2cc(C(=O)OC)ccc21. The Morgan fingerprint density at radius 1 is 0.969 bits per heavy atom. The molecular formula is C22H22N2O7S. The first-order chi connectivity index (χ1) is 15.4. The summed E-state index contributed by atoms with van der Waals surface area (Å²) in [4.78, 5) is 41.5. The molecule has 10 heteroatoms. The molecule has 9 nitrogen and oxygen atoms in total. The fraction of sp³-hybridized carbons (Fsp3) is 0.273. The number of esters is 2. The number of hydrogen-bond acceptors (Lipinski definition) is 8. The summed E-state index contributed by atoms with van der Waals surface area (Å²) in [6.07, 6.45) is 0. The van der Waals surface area contributed by atoms with E-state index in [4.69, 9.17) is 18.9 Å². The minimum absolute atomic E-state index is 0.135. The van der Waals surface area contributed by atoms with Crippen LogP contribution in [0.4, 0.5) is 0 Å². The zero-order chi connectivity index (χ0) is 23.3. The number of hydrogen-bond donors (Lipinski definition) is 0. The first-order valence-electron chi connectivity index (χ1n) is 9.60. The fourth-order valence-electron chi connectivity index (χ4n) is 3.01. The Morgan fingerprint density at radius 3 is 2.34 bits per heavy atom. The van der Waals surface area contributed by atoms with Gasteiger partial charge in [-0.15, -0.1) is 0 Å². The smallest absolute Gasteiger partial charge is 0.337 e. The number of rotatable bonds is 7. The molecule has 168 valence electrons. The Bertz CT molecular complexity index is 1240. The van der Waals surface area contributed by atoms with Gasteiger partial charge in [-0.2, -0.15) is 4.99 Å². The summed E-state index contributed by atoms with van der Waals surface area (Å²) in [5.41, 5.74) is 1.27. The zero-order valence-corrected chi connectivity index (χ0v) is 18.9. The molecule has 0 spiro atoms. The molecule has 32 heavy (non-hydrogen) atoms. The second-order valence-electron chi connectivity index (χ2n) is 6.44. The highest BCUT2D eigenvalue weighted by atomic mass is 32.1. The maximum Gasteiger partial charge on any atom is 0.337 e. The molecule has 3 aromatic rings. The molecule has 0 unspecified atom stereocenters. The minimum atomic E-state index is -0.525. The number of thiazole rings is 1. The Labute approximate surface area is 187 Å². The number of carbonyl (C=O) groups is 3. The zero-order valence-electron chi connectivity index (χ0n) is 18.0. The van der Waals surface area contributed by atoms with Gasteiger partial charge in [-0.25, -0.2) is 4.79 Å². The Morgan fingerprint density at radius 2 is 1.69 bits per heavy atom. The lowest BCUT2D eigenvalue weighted by Crippen LogP contribution is -2.23. The molecule has 0 bridgehead atoms. The first kappa shape index (κ1) is 23.0. The number of nitrogens with zero attached hydrogens (tertiary/aromatic N) is 2. The monoisotopic (exact) mass is 458 g/mol. The lowest BCUT2D eigenvalue weighted by molar-refractivity contribution is -0.143. The van der Waals surface area contributed by atoms with E-state index >= 15 is 0 Å². The molecule has 0 aliphatic heterocycles. The molecule has 0 fully saturated rings. The highest BCUT2D eigenvalue weighted by Gasteiger charge is 2.16. The third-order valence-corrected chi connectivity index (χ3v) is 5.57. The number of ether oxygens (including phenoxy) is 4. The van der Waals surface area contributed by atoms with Crippen LogP contribution in [-0.4, -0.2) is 50.3 Å². The van der Waals surface area contributed by atoms with Gasteiger partial charge in [0.05, 0.1) is 43.7 Å². The van der Waals surface area contributed by atoms with Crippen molar-refractivity contribution in [2.24, 2.45) is 4.99 Å². The van der Waals surface area contributed by atoms with Gasteiger partial charge in [0.25, 0.3) is 5.91 Å². The summed E-state index contributed by atoms with van der Waals surface area (Å²) in [6.45, 7) is 1.80. The fourth-order valence-corrected chi connectivity index (χ4v) is 4.08. The lowest BCUT2D eigenvalue weighted by atomic mass is 10.2. The van der Waals surface area contributed by atoms with Gasteiger partial charge in [0.15, 0.2) is 16.3 Å². The van der Waals surface area contributed by atoms with E-state index in [1.54, 1.807) is 41.8 Å². The van der Waals surface area contributed by atoms with Crippen molar-refractivity contribution >= 4 is 39.4 Å². The second kappa shape index (κ2) is 10.1. The van der Waals surface area contributed by atoms with Crippen LogP contribution >= 0.6 is 11.3 Å². The third kappa shape index (κ3) is 4.80. The maximum atomic E-state index is 12.9. The van der Waals surface area contributed by atoms with Crippen LogP contribution in [0.15, 0.2) is 41.4 Å². The van der Waals surface area contributed by atoms with Gasteiger partial charge in [-0.1, -0.05) is 11.3 Å². The number of methoxy groups -OCH3 is 3. The van der Waals surface area contributed by atoms with Crippen molar-refractivity contribution in [3.63, 3.8) is 0 Å². The molecule has 1 amide bonds. The summed E-state index contributed by atoms with van der Waals surface area (Å²) in [5, 5.41) is 0. The average Bonchev–Trinajstić information content (AvgIpc) is 3.13. The predicted molar refractivity (Wildman–Crippen MR) is 117 cm³/mol. The van der Waals surface area contributed by atoms with Crippen LogP contribution in [0.3, 0.4) is 0 Å². The molecule has 0 aliphatic rings. The van der Waals surface area contributed by atoms with Crippen LogP contribution < -0.4 is 14.3 Å². The Hall–Kier alpha value is -3.66. The van der Waals surface area contributed by atoms with Crippen molar-refractivity contribution in [3.05, 3.63) is 52.3 Å². The van der Waals surface area contributed by atoms with E-state index < -0.39 is 17.8 Å². The first-order valence-corrected chi connectivity index (χ1v) is 10.4. The van der Waals surface area contributed by atoms with E-state index in [-0.39, 0.29) is 23.5 Å². The van der Waals surface area contributed by atoms with Crippen molar-refractivity contribution in [3.8, 4) is 11.5 Å². The topological polar surface area (TPSA) is 105 Å². The van der Waals surface area contributed by atoms with Crippen LogP contribution in [-0.2, 0) is 20.8 Å². The van der Waals surface area contributed by atoms with E-state index in [2.05, 4.69) is 4.99 Å². The van der Waals surface area contributed by atoms with Gasteiger partial charge in [0.2, 0.25) is 0 Å². The Kier molecular flexibility index (Phi) is 7.26. The second-order valence-corrected chi connectivity index (χ2v) is 7.45. The highest BCUT2D eigenvalue weighted by Crippen LogP contribution is 2.28. The van der Waals surface area contributed by atoms with Gasteiger partial charge < -0.3 is 23.5 Å². The summed E-state index contributed by atoms with van der Waals surface area (Å²) < 4.78 is 22.5. The number of amides is 1. The van der Waals surface area contributed by atoms with E-state index in [1.807, 2.05) is 0 Å². The molecule has 0 atom stereocenters. The molecule has 0 N–H and O–H groups in total. The van der Waals surface area contributed by atoms with Crippen molar-refractivity contribution in [2.45, 2.75) is 13.5 Å². The summed E-state index contributed by atoms with van der Waals surface area (Å²) in [7, 11) is 4.27. The lowest BCUT2D eigenvalue weighted by Gasteiger charge is -2.08. The van der Waals surface area contributed by atoms with E-state index in [9.17, 15) is 14.4 Å². The third-order valence-electron chi connectivity index (χ3n) is 4.52. The molecule has 0 saturated carbocycles.